The number of hydrogen-bond acceptors (Lipinski definition) is 11. The van der Waals surface area contributed by atoms with E-state index >= 15 is 0 Å². The number of methoxy groups -OCH3 is 1. The van der Waals surface area contributed by atoms with Gasteiger partial charge < -0.3 is 43.5 Å². The Morgan fingerprint density at radius 2 is 1.71 bits per heavy atom. The molecule has 3 heterocycles. The van der Waals surface area contributed by atoms with Gasteiger partial charge in [-0.3, -0.25) is 9.59 Å². The van der Waals surface area contributed by atoms with Crippen molar-refractivity contribution in [2.24, 2.45) is 17.3 Å². The molecule has 1 amide bonds. The molecule has 0 aliphatic carbocycles. The van der Waals surface area contributed by atoms with Crippen molar-refractivity contribution in [3.8, 4) is 0 Å². The Balaban J connectivity index is 1.70. The Hall–Kier alpha value is -2.61. The highest BCUT2D eigenvalue weighted by Crippen LogP contribution is 2.38. The number of Topliss-reactive ketones (excluding diaryl/α,β-unsaturated/α-hetero) is 1. The third kappa shape index (κ3) is 9.92. The Morgan fingerprint density at radius 3 is 2.31 bits per heavy atom. The van der Waals surface area contributed by atoms with E-state index in [1.165, 1.54) is 0 Å². The van der Waals surface area contributed by atoms with Crippen molar-refractivity contribution in [3.63, 3.8) is 0 Å². The number of nitrogens with zero attached hydrogens (tertiary/aromatic N) is 3. The molecule has 3 saturated heterocycles. The summed E-state index contributed by atoms with van der Waals surface area (Å²) in [6, 6.07) is 9.26. The molecule has 12 nitrogen and oxygen atoms in total. The summed E-state index contributed by atoms with van der Waals surface area (Å²) in [4.78, 5) is 48.5. The molecule has 0 bridgehead atoms. The number of ether oxygens (including phenoxy) is 5. The minimum Gasteiger partial charge on any atom is -0.463 e. The third-order valence-electron chi connectivity index (χ3n) is 11.8. The fraction of sp³-hybridized carbons (Fsp3) is 0.775. The van der Waals surface area contributed by atoms with Crippen molar-refractivity contribution in [3.05, 3.63) is 35.9 Å². The molecule has 3 aliphatic heterocycles. The smallest absolute Gasteiger partial charge is 0.410 e. The fourth-order valence-electron chi connectivity index (χ4n) is 8.20. The zero-order chi connectivity index (χ0) is 38.4. The highest BCUT2D eigenvalue weighted by molar-refractivity contribution is 6.04. The van der Waals surface area contributed by atoms with Gasteiger partial charge in [-0.15, -0.1) is 0 Å². The predicted molar refractivity (Wildman–Crippen MR) is 197 cm³/mol. The van der Waals surface area contributed by atoms with Crippen LogP contribution in [0.25, 0.3) is 0 Å². The molecule has 294 valence electrons. The first-order valence-corrected chi connectivity index (χ1v) is 19.1. The van der Waals surface area contributed by atoms with Crippen LogP contribution in [-0.4, -0.2) is 133 Å². The van der Waals surface area contributed by atoms with Crippen LogP contribution in [0.5, 0.6) is 0 Å². The van der Waals surface area contributed by atoms with Crippen LogP contribution >= 0.6 is 0 Å². The number of piperidine rings is 1. The number of benzene rings is 1. The van der Waals surface area contributed by atoms with Crippen molar-refractivity contribution in [2.45, 2.75) is 136 Å². The molecule has 12 heteroatoms. The van der Waals surface area contributed by atoms with Gasteiger partial charge in [0.1, 0.15) is 24.7 Å². The van der Waals surface area contributed by atoms with Gasteiger partial charge in [-0.05, 0) is 112 Å². The molecular formula is C40H65N3O9. The van der Waals surface area contributed by atoms with Gasteiger partial charge in [-0.1, -0.05) is 37.3 Å². The summed E-state index contributed by atoms with van der Waals surface area (Å²) >= 11 is 0. The maximum Gasteiger partial charge on any atom is 0.410 e. The van der Waals surface area contributed by atoms with Crippen LogP contribution in [0.1, 0.15) is 86.1 Å². The van der Waals surface area contributed by atoms with E-state index in [-0.39, 0.29) is 37.1 Å². The quantitative estimate of drug-likeness (QED) is 0.290. The summed E-state index contributed by atoms with van der Waals surface area (Å²) in [6.07, 6.45) is -0.495. The predicted octanol–water partition coefficient (Wildman–Crippen LogP) is 4.90. The number of hydrogen-bond donors (Lipinski definition) is 1. The highest BCUT2D eigenvalue weighted by Gasteiger charge is 2.51. The zero-order valence-electron chi connectivity index (χ0n) is 33.2. The lowest BCUT2D eigenvalue weighted by Crippen LogP contribution is -2.59. The lowest BCUT2D eigenvalue weighted by atomic mass is 9.75. The van der Waals surface area contributed by atoms with E-state index in [4.69, 9.17) is 23.7 Å². The second kappa shape index (κ2) is 18.1. The van der Waals surface area contributed by atoms with E-state index in [0.717, 1.165) is 31.5 Å². The summed E-state index contributed by atoms with van der Waals surface area (Å²) in [6.45, 7) is 15.2. The van der Waals surface area contributed by atoms with Crippen LogP contribution in [0.3, 0.4) is 0 Å². The zero-order valence-corrected chi connectivity index (χ0v) is 33.2. The van der Waals surface area contributed by atoms with Crippen molar-refractivity contribution >= 4 is 17.8 Å². The van der Waals surface area contributed by atoms with E-state index < -0.39 is 53.5 Å². The van der Waals surface area contributed by atoms with E-state index in [0.29, 0.717) is 31.8 Å². The van der Waals surface area contributed by atoms with Crippen LogP contribution in [0.15, 0.2) is 30.3 Å². The molecule has 0 spiro atoms. The number of rotatable bonds is 8. The number of carbonyl (C=O) groups excluding carboxylic acids is 3. The number of likely N-dealkylation sites (tertiary alicyclic amines) is 1. The molecule has 0 radical (unpaired) electrons. The number of ketones is 1. The molecule has 3 fully saturated rings. The molecule has 3 aliphatic rings. The van der Waals surface area contributed by atoms with Gasteiger partial charge in [0.2, 0.25) is 0 Å². The van der Waals surface area contributed by atoms with Crippen molar-refractivity contribution < 1.29 is 43.2 Å². The van der Waals surface area contributed by atoms with E-state index in [1.54, 1.807) is 32.8 Å². The van der Waals surface area contributed by atoms with Crippen LogP contribution in [0.2, 0.25) is 0 Å². The molecule has 4 rings (SSSR count). The standard InChI is InChI=1S/C40H65N3O9/c1-26(2)42-21-17-30(18-22-42)32-25-49-37(46)39(5,6)34(45)28(4)35(52-36-33(44)31(41(8)9)23-27(3)51-36)40(7,48-10)19-14-20-43(32)38(47)50-24-29-15-12-11-13-16-29/h11-13,15-16,26-28,30-33,35-36,44H,14,17-25H2,1-10H3/t27-,28+,31+,32?,33-,35-,36+,40-/m1/s1. The number of esters is 1. The highest BCUT2D eigenvalue weighted by atomic mass is 16.7. The second-order valence-corrected chi connectivity index (χ2v) is 16.4. The van der Waals surface area contributed by atoms with Crippen LogP contribution in [0, 0.1) is 17.3 Å². The van der Waals surface area contributed by atoms with Crippen molar-refractivity contribution in [1.82, 2.24) is 14.7 Å². The average Bonchev–Trinajstić information content (AvgIpc) is 3.12. The molecule has 52 heavy (non-hydrogen) atoms. The molecule has 8 atom stereocenters. The number of carbonyl (C=O) groups is 3. The minimum absolute atomic E-state index is 0.0515. The largest absolute Gasteiger partial charge is 0.463 e. The maximum atomic E-state index is 14.4. The molecule has 1 aromatic rings. The topological polar surface area (TPSA) is 127 Å². The summed E-state index contributed by atoms with van der Waals surface area (Å²) in [5.41, 5.74) is -1.74. The first-order valence-electron chi connectivity index (χ1n) is 19.1. The summed E-state index contributed by atoms with van der Waals surface area (Å²) < 4.78 is 31.0. The van der Waals surface area contributed by atoms with Crippen molar-refractivity contribution in [1.29, 1.82) is 0 Å². The number of aliphatic hydroxyl groups is 1. The van der Waals surface area contributed by atoms with Gasteiger partial charge in [0, 0.05) is 31.7 Å². The first-order chi connectivity index (χ1) is 24.5. The normalized spacial score (nSPS) is 33.2. The van der Waals surface area contributed by atoms with Crippen LogP contribution in [-0.2, 0) is 39.9 Å². The van der Waals surface area contributed by atoms with Gasteiger partial charge in [-0.25, -0.2) is 4.79 Å². The van der Waals surface area contributed by atoms with Gasteiger partial charge in [0.05, 0.1) is 23.9 Å². The first kappa shape index (κ1) is 42.1. The van der Waals surface area contributed by atoms with Crippen molar-refractivity contribution in [2.75, 3.05) is 47.4 Å². The Kier molecular flexibility index (Phi) is 14.7. The second-order valence-electron chi connectivity index (χ2n) is 16.4. The van der Waals surface area contributed by atoms with E-state index in [2.05, 4.69) is 18.7 Å². The summed E-state index contributed by atoms with van der Waals surface area (Å²) in [7, 11) is 5.38. The van der Waals surface area contributed by atoms with Crippen LogP contribution in [0.4, 0.5) is 4.79 Å². The van der Waals surface area contributed by atoms with E-state index in [9.17, 15) is 19.5 Å². The minimum atomic E-state index is -1.54. The number of amides is 1. The van der Waals surface area contributed by atoms with Gasteiger partial charge in [0.25, 0.3) is 0 Å². The molecular weight excluding hydrogens is 666 g/mol. The number of likely N-dealkylation sites (N-methyl/N-ethyl adjacent to an activating group) is 1. The molecule has 0 saturated carbocycles. The molecule has 1 N–H and O–H groups in total. The fourth-order valence-corrected chi connectivity index (χ4v) is 8.20. The molecule has 0 aromatic heterocycles. The number of cyclic esters (lactones) is 1. The lowest BCUT2D eigenvalue weighted by molar-refractivity contribution is -0.295. The van der Waals surface area contributed by atoms with E-state index in [1.807, 2.05) is 63.2 Å². The Labute approximate surface area is 311 Å². The van der Waals surface area contributed by atoms with Gasteiger partial charge >= 0.3 is 12.1 Å². The summed E-state index contributed by atoms with van der Waals surface area (Å²) in [5, 5.41) is 11.4. The van der Waals surface area contributed by atoms with Gasteiger partial charge in [-0.2, -0.15) is 0 Å². The monoisotopic (exact) mass is 731 g/mol. The maximum absolute atomic E-state index is 14.4. The average molecular weight is 732 g/mol. The SMILES string of the molecule is CO[C@]1(C)CCCN(C(=O)OCc2ccccc2)C(C2CCN(C(C)C)CC2)COC(=O)C(C)(C)C(=O)[C@H](C)[C@H]1O[C@@H]1O[C@H](C)C[C@H](N(C)C)[C@H]1O. The molecule has 1 aromatic carbocycles. The summed E-state index contributed by atoms with van der Waals surface area (Å²) in [5.74, 6) is -1.83. The van der Waals surface area contributed by atoms with Crippen LogP contribution < -0.4 is 0 Å². The van der Waals surface area contributed by atoms with Gasteiger partial charge in [0.15, 0.2) is 12.1 Å². The molecule has 1 unspecified atom stereocenters. The Morgan fingerprint density at radius 1 is 1.06 bits per heavy atom. The Bertz CT molecular complexity index is 1320. The number of aliphatic hydroxyl groups excluding tert-OH is 1. The third-order valence-corrected chi connectivity index (χ3v) is 11.8. The lowest BCUT2D eigenvalue weighted by Gasteiger charge is -2.46.